The van der Waals surface area contributed by atoms with E-state index in [4.69, 9.17) is 4.74 Å². The molecule has 0 bridgehead atoms. The number of benzene rings is 1. The van der Waals surface area contributed by atoms with Crippen molar-refractivity contribution in [2.45, 2.75) is 39.0 Å². The first-order valence-corrected chi connectivity index (χ1v) is 7.03. The second-order valence-corrected chi connectivity index (χ2v) is 5.12. The predicted molar refractivity (Wildman–Crippen MR) is 75.0 cm³/mol. The molecule has 1 atom stereocenters. The summed E-state index contributed by atoms with van der Waals surface area (Å²) in [6, 6.07) is 5.86. The molecule has 3 rings (SSSR count). The zero-order valence-electron chi connectivity index (χ0n) is 11.6. The highest BCUT2D eigenvalue weighted by atomic mass is 16.5. The normalized spacial score (nSPS) is 19.2. The van der Waals surface area contributed by atoms with E-state index in [9.17, 15) is 5.11 Å². The number of aliphatic hydroxyl groups excluding tert-OH is 1. The van der Waals surface area contributed by atoms with Gasteiger partial charge in [-0.2, -0.15) is 15.0 Å². The van der Waals surface area contributed by atoms with Gasteiger partial charge in [0.1, 0.15) is 5.69 Å². The molecule has 0 spiro atoms. The number of aromatic nitrogens is 3. The van der Waals surface area contributed by atoms with Gasteiger partial charge in [0.15, 0.2) is 6.23 Å². The summed E-state index contributed by atoms with van der Waals surface area (Å²) in [5, 5.41) is 18.2. The number of hydrogen-bond donors (Lipinski definition) is 1. The van der Waals surface area contributed by atoms with Gasteiger partial charge in [-0.05, 0) is 37.3 Å². The molecule has 0 radical (unpaired) electrons. The van der Waals surface area contributed by atoms with Crippen molar-refractivity contribution < 1.29 is 9.84 Å². The lowest BCUT2D eigenvalue weighted by Gasteiger charge is -2.21. The molecule has 5 heteroatoms. The minimum atomic E-state index is -0.0427. The van der Waals surface area contributed by atoms with Crippen molar-refractivity contribution in [2.75, 3.05) is 6.61 Å². The lowest BCUT2D eigenvalue weighted by Crippen LogP contribution is -2.20. The highest BCUT2D eigenvalue weighted by Crippen LogP contribution is 2.26. The second kappa shape index (κ2) is 5.73. The summed E-state index contributed by atoms with van der Waals surface area (Å²) < 4.78 is 5.69. The number of nitrogens with zero attached hydrogens (tertiary/aromatic N) is 3. The van der Waals surface area contributed by atoms with E-state index in [1.807, 2.05) is 25.1 Å². The fraction of sp³-hybridized carbons (Fsp3) is 0.467. The van der Waals surface area contributed by atoms with Crippen molar-refractivity contribution in [3.63, 3.8) is 0 Å². The zero-order valence-corrected chi connectivity index (χ0v) is 11.6. The maximum atomic E-state index is 9.34. The van der Waals surface area contributed by atoms with Gasteiger partial charge in [0, 0.05) is 12.2 Å². The third kappa shape index (κ3) is 2.46. The Morgan fingerprint density at radius 2 is 2.30 bits per heavy atom. The molecule has 20 heavy (non-hydrogen) atoms. The molecule has 1 aliphatic heterocycles. The summed E-state index contributed by atoms with van der Waals surface area (Å²) >= 11 is 0. The van der Waals surface area contributed by atoms with Gasteiger partial charge in [-0.3, -0.25) is 0 Å². The summed E-state index contributed by atoms with van der Waals surface area (Å²) in [5.41, 5.74) is 3.81. The molecule has 1 unspecified atom stereocenters. The summed E-state index contributed by atoms with van der Waals surface area (Å²) in [6.45, 7) is 2.82. The van der Waals surface area contributed by atoms with Crippen molar-refractivity contribution in [1.82, 2.24) is 15.0 Å². The summed E-state index contributed by atoms with van der Waals surface area (Å²) in [6.07, 6.45) is 4.95. The summed E-state index contributed by atoms with van der Waals surface area (Å²) in [5.74, 6) is 0. The van der Waals surface area contributed by atoms with E-state index >= 15 is 0 Å². The number of hydrogen-bond acceptors (Lipinski definition) is 4. The molecular weight excluding hydrogens is 254 g/mol. The van der Waals surface area contributed by atoms with E-state index in [-0.39, 0.29) is 12.8 Å². The topological polar surface area (TPSA) is 60.2 Å². The lowest BCUT2D eigenvalue weighted by atomic mass is 10.0. The van der Waals surface area contributed by atoms with Gasteiger partial charge in [-0.1, -0.05) is 18.2 Å². The monoisotopic (exact) mass is 273 g/mol. The fourth-order valence-corrected chi connectivity index (χ4v) is 2.58. The highest BCUT2D eigenvalue weighted by Gasteiger charge is 2.18. The van der Waals surface area contributed by atoms with Crippen molar-refractivity contribution >= 4 is 0 Å². The van der Waals surface area contributed by atoms with Gasteiger partial charge in [-0.15, -0.1) is 0 Å². The molecule has 0 aliphatic carbocycles. The van der Waals surface area contributed by atoms with Crippen LogP contribution in [0.15, 0.2) is 24.4 Å². The minimum Gasteiger partial charge on any atom is -0.392 e. The molecule has 0 amide bonds. The largest absolute Gasteiger partial charge is 0.392 e. The Labute approximate surface area is 118 Å². The van der Waals surface area contributed by atoms with Crippen LogP contribution < -0.4 is 0 Å². The Morgan fingerprint density at radius 1 is 1.40 bits per heavy atom. The molecule has 2 aromatic rings. The Morgan fingerprint density at radius 3 is 3.05 bits per heavy atom. The highest BCUT2D eigenvalue weighted by molar-refractivity contribution is 5.63. The summed E-state index contributed by atoms with van der Waals surface area (Å²) in [7, 11) is 0. The standard InChI is InChI=1S/C15H19N3O2/c1-11-12(10-19)5-4-6-13(11)14-9-16-18(17-14)15-7-2-3-8-20-15/h4-6,9,15,19H,2-3,7-8,10H2,1H3. The van der Waals surface area contributed by atoms with Crippen LogP contribution in [0.25, 0.3) is 11.3 Å². The third-order valence-corrected chi connectivity index (χ3v) is 3.81. The zero-order chi connectivity index (χ0) is 13.9. The second-order valence-electron chi connectivity index (χ2n) is 5.12. The van der Waals surface area contributed by atoms with Crippen LogP contribution in [-0.2, 0) is 11.3 Å². The summed E-state index contributed by atoms with van der Waals surface area (Å²) in [4.78, 5) is 1.67. The van der Waals surface area contributed by atoms with E-state index in [0.29, 0.717) is 0 Å². The molecular formula is C15H19N3O2. The van der Waals surface area contributed by atoms with Gasteiger partial charge in [-0.25, -0.2) is 0 Å². The molecule has 1 fully saturated rings. The van der Waals surface area contributed by atoms with E-state index in [1.165, 1.54) is 0 Å². The smallest absolute Gasteiger partial charge is 0.169 e. The molecule has 1 aliphatic rings. The lowest BCUT2D eigenvalue weighted by molar-refractivity contribution is -0.0479. The van der Waals surface area contributed by atoms with Crippen molar-refractivity contribution in [1.29, 1.82) is 0 Å². The fourth-order valence-electron chi connectivity index (χ4n) is 2.58. The van der Waals surface area contributed by atoms with E-state index in [2.05, 4.69) is 10.2 Å². The van der Waals surface area contributed by atoms with E-state index < -0.39 is 0 Å². The minimum absolute atomic E-state index is 0.0412. The average Bonchev–Trinajstić information content (AvgIpc) is 2.98. The molecule has 1 aromatic carbocycles. The number of ether oxygens (including phenoxy) is 1. The van der Waals surface area contributed by atoms with Crippen LogP contribution in [0.5, 0.6) is 0 Å². The number of rotatable bonds is 3. The average molecular weight is 273 g/mol. The molecule has 0 saturated carbocycles. The van der Waals surface area contributed by atoms with Crippen LogP contribution in [0.2, 0.25) is 0 Å². The molecule has 1 aromatic heterocycles. The Bertz CT molecular complexity index is 589. The maximum Gasteiger partial charge on any atom is 0.169 e. The quantitative estimate of drug-likeness (QED) is 0.933. The maximum absolute atomic E-state index is 9.34. The van der Waals surface area contributed by atoms with Crippen molar-refractivity contribution in [2.24, 2.45) is 0 Å². The van der Waals surface area contributed by atoms with Gasteiger partial charge < -0.3 is 9.84 Å². The van der Waals surface area contributed by atoms with Crippen molar-refractivity contribution in [3.05, 3.63) is 35.5 Å². The molecule has 5 nitrogen and oxygen atoms in total. The first-order valence-electron chi connectivity index (χ1n) is 7.03. The Hall–Kier alpha value is -1.72. The van der Waals surface area contributed by atoms with Crippen LogP contribution in [0.4, 0.5) is 0 Å². The molecule has 2 heterocycles. The third-order valence-electron chi connectivity index (χ3n) is 3.81. The Kier molecular flexibility index (Phi) is 3.80. The van der Waals surface area contributed by atoms with Crippen LogP contribution in [0.3, 0.4) is 0 Å². The molecule has 1 N–H and O–H groups in total. The first kappa shape index (κ1) is 13.3. The molecule has 106 valence electrons. The van der Waals surface area contributed by atoms with Crippen LogP contribution in [0, 0.1) is 6.92 Å². The van der Waals surface area contributed by atoms with Crippen LogP contribution >= 0.6 is 0 Å². The van der Waals surface area contributed by atoms with Crippen LogP contribution in [-0.4, -0.2) is 26.7 Å². The van der Waals surface area contributed by atoms with Gasteiger partial charge in [0.25, 0.3) is 0 Å². The van der Waals surface area contributed by atoms with Crippen molar-refractivity contribution in [3.8, 4) is 11.3 Å². The SMILES string of the molecule is Cc1c(CO)cccc1-c1cnn(C2CCCCO2)n1. The number of aliphatic hydroxyl groups is 1. The van der Waals surface area contributed by atoms with Crippen LogP contribution in [0.1, 0.15) is 36.6 Å². The van der Waals surface area contributed by atoms with Gasteiger partial charge in [0.05, 0.1) is 12.8 Å². The molecule has 1 saturated heterocycles. The Balaban J connectivity index is 1.90. The first-order chi connectivity index (χ1) is 9.79. The van der Waals surface area contributed by atoms with E-state index in [1.54, 1.807) is 11.0 Å². The van der Waals surface area contributed by atoms with E-state index in [0.717, 1.165) is 48.3 Å². The predicted octanol–water partition coefficient (Wildman–Crippen LogP) is 2.44. The van der Waals surface area contributed by atoms with Gasteiger partial charge >= 0.3 is 0 Å². The van der Waals surface area contributed by atoms with Gasteiger partial charge in [0.2, 0.25) is 0 Å².